The first kappa shape index (κ1) is 20.2. The lowest BCUT2D eigenvalue weighted by Gasteiger charge is -2.11. The van der Waals surface area contributed by atoms with Gasteiger partial charge in [0.2, 0.25) is 0 Å². The fraction of sp³-hybridized carbons (Fsp3) is 0.300. The van der Waals surface area contributed by atoms with Crippen LogP contribution >= 0.6 is 22.9 Å². The number of carbonyl (C=O) groups is 1. The number of carbonyl (C=O) groups excluding carboxylic acids is 1. The lowest BCUT2D eigenvalue weighted by atomic mass is 10.1. The van der Waals surface area contributed by atoms with E-state index in [1.54, 1.807) is 13.8 Å². The average molecular weight is 421 g/mol. The van der Waals surface area contributed by atoms with Gasteiger partial charge < -0.3 is 13.9 Å². The number of aryl methyl sites for hydroxylation is 2. The zero-order chi connectivity index (χ0) is 20.3. The van der Waals surface area contributed by atoms with Crippen LogP contribution in [-0.4, -0.2) is 24.1 Å². The smallest absolute Gasteiger partial charge is 0.262 e. The van der Waals surface area contributed by atoms with Crippen molar-refractivity contribution < 1.29 is 18.7 Å². The highest BCUT2D eigenvalue weighted by Gasteiger charge is 2.21. The molecule has 148 valence electrons. The molecule has 0 aliphatic carbocycles. The number of hydrogen-bond acceptors (Lipinski definition) is 6. The van der Waals surface area contributed by atoms with E-state index < -0.39 is 0 Å². The number of aromatic nitrogens is 1. The normalized spacial score (nSPS) is 10.8. The van der Waals surface area contributed by atoms with Gasteiger partial charge in [-0.1, -0.05) is 11.6 Å². The van der Waals surface area contributed by atoms with E-state index in [2.05, 4.69) is 10.3 Å². The predicted octanol–water partition coefficient (Wildman–Crippen LogP) is 5.72. The van der Waals surface area contributed by atoms with Gasteiger partial charge in [-0.2, -0.15) is 0 Å². The number of nitrogens with one attached hydrogen (secondary N) is 1. The van der Waals surface area contributed by atoms with Crippen LogP contribution in [0.4, 0.5) is 5.13 Å². The summed E-state index contributed by atoms with van der Waals surface area (Å²) in [4.78, 5) is 17.1. The molecular formula is C20H21ClN2O4S. The molecule has 1 amide bonds. The predicted molar refractivity (Wildman–Crippen MR) is 111 cm³/mol. The van der Waals surface area contributed by atoms with Crippen molar-refractivity contribution >= 4 is 34.0 Å². The Morgan fingerprint density at radius 3 is 2.61 bits per heavy atom. The van der Waals surface area contributed by atoms with E-state index in [9.17, 15) is 4.79 Å². The number of furan rings is 1. The molecule has 3 aromatic rings. The molecule has 0 aliphatic heterocycles. The van der Waals surface area contributed by atoms with Gasteiger partial charge in [-0.15, -0.1) is 11.3 Å². The van der Waals surface area contributed by atoms with E-state index in [4.69, 9.17) is 25.5 Å². The fourth-order valence-corrected chi connectivity index (χ4v) is 3.74. The van der Waals surface area contributed by atoms with E-state index in [1.165, 1.54) is 11.3 Å². The minimum Gasteiger partial charge on any atom is -0.494 e. The van der Waals surface area contributed by atoms with Gasteiger partial charge in [-0.05, 0) is 45.9 Å². The Kier molecular flexibility index (Phi) is 6.26. The van der Waals surface area contributed by atoms with Gasteiger partial charge in [0, 0.05) is 10.9 Å². The van der Waals surface area contributed by atoms with Crippen molar-refractivity contribution in [2.45, 2.75) is 27.7 Å². The highest BCUT2D eigenvalue weighted by atomic mass is 35.5. The summed E-state index contributed by atoms with van der Waals surface area (Å²) in [6, 6.07) is 5.60. The van der Waals surface area contributed by atoms with Gasteiger partial charge in [0.15, 0.2) is 5.13 Å². The lowest BCUT2D eigenvalue weighted by molar-refractivity contribution is 0.102. The quantitative estimate of drug-likeness (QED) is 0.528. The minimum absolute atomic E-state index is 0.315. The van der Waals surface area contributed by atoms with Gasteiger partial charge in [0.25, 0.3) is 5.91 Å². The third kappa shape index (κ3) is 4.15. The molecule has 2 aromatic heterocycles. The minimum atomic E-state index is -0.353. The molecule has 0 saturated heterocycles. The molecular weight excluding hydrogens is 400 g/mol. The van der Waals surface area contributed by atoms with Crippen LogP contribution in [0, 0.1) is 13.8 Å². The largest absolute Gasteiger partial charge is 0.494 e. The molecule has 0 radical (unpaired) electrons. The molecule has 2 heterocycles. The molecule has 0 aliphatic rings. The standard InChI is InChI=1S/C20H21ClN2O4S/c1-5-25-13-7-8-16(26-6-2)14(9-13)15-10-28-20(22-15)23-19(24)17-11(3)27-12(4)18(17)21/h7-10H,5-6H2,1-4H3,(H,22,23,24). The fourth-order valence-electron chi connectivity index (χ4n) is 2.78. The van der Waals surface area contributed by atoms with Gasteiger partial charge >= 0.3 is 0 Å². The van der Waals surface area contributed by atoms with E-state index in [0.29, 0.717) is 51.9 Å². The summed E-state index contributed by atoms with van der Waals surface area (Å²) in [7, 11) is 0. The number of thiazole rings is 1. The second-order valence-corrected chi connectivity index (χ2v) is 7.16. The van der Waals surface area contributed by atoms with E-state index in [-0.39, 0.29) is 5.91 Å². The van der Waals surface area contributed by atoms with Crippen LogP contribution in [0.1, 0.15) is 35.7 Å². The molecule has 0 saturated carbocycles. The van der Waals surface area contributed by atoms with Crippen molar-refractivity contribution in [3.05, 3.63) is 45.7 Å². The number of amides is 1. The maximum absolute atomic E-state index is 12.6. The van der Waals surface area contributed by atoms with Crippen LogP contribution in [0.5, 0.6) is 11.5 Å². The van der Waals surface area contributed by atoms with Crippen LogP contribution in [0.2, 0.25) is 5.02 Å². The van der Waals surface area contributed by atoms with Crippen LogP contribution < -0.4 is 14.8 Å². The Morgan fingerprint density at radius 1 is 1.21 bits per heavy atom. The van der Waals surface area contributed by atoms with Gasteiger partial charge in [-0.3, -0.25) is 10.1 Å². The van der Waals surface area contributed by atoms with Crippen molar-refractivity contribution in [1.82, 2.24) is 4.98 Å². The van der Waals surface area contributed by atoms with Crippen molar-refractivity contribution in [2.24, 2.45) is 0 Å². The Balaban J connectivity index is 1.87. The highest BCUT2D eigenvalue weighted by molar-refractivity contribution is 7.14. The number of ether oxygens (including phenoxy) is 2. The van der Waals surface area contributed by atoms with Gasteiger partial charge in [-0.25, -0.2) is 4.98 Å². The molecule has 1 aromatic carbocycles. The third-order valence-electron chi connectivity index (χ3n) is 3.98. The topological polar surface area (TPSA) is 73.6 Å². The molecule has 0 spiro atoms. The highest BCUT2D eigenvalue weighted by Crippen LogP contribution is 2.36. The molecule has 28 heavy (non-hydrogen) atoms. The van der Waals surface area contributed by atoms with Crippen LogP contribution in [0.25, 0.3) is 11.3 Å². The summed E-state index contributed by atoms with van der Waals surface area (Å²) in [5.41, 5.74) is 1.82. The molecule has 8 heteroatoms. The molecule has 1 N–H and O–H groups in total. The van der Waals surface area contributed by atoms with Gasteiger partial charge in [0.1, 0.15) is 23.0 Å². The third-order valence-corrected chi connectivity index (χ3v) is 5.19. The molecule has 0 bridgehead atoms. The zero-order valence-electron chi connectivity index (χ0n) is 16.1. The summed E-state index contributed by atoms with van der Waals surface area (Å²) in [6.45, 7) is 8.37. The summed E-state index contributed by atoms with van der Waals surface area (Å²) in [6.07, 6.45) is 0. The van der Waals surface area contributed by atoms with Crippen molar-refractivity contribution in [1.29, 1.82) is 0 Å². The zero-order valence-corrected chi connectivity index (χ0v) is 17.7. The van der Waals surface area contributed by atoms with Crippen LogP contribution in [0.15, 0.2) is 28.0 Å². The Morgan fingerprint density at radius 2 is 1.96 bits per heavy atom. The summed E-state index contributed by atoms with van der Waals surface area (Å²) in [5, 5.41) is 5.42. The van der Waals surface area contributed by atoms with E-state index in [0.717, 1.165) is 11.3 Å². The van der Waals surface area contributed by atoms with Crippen molar-refractivity contribution in [2.75, 3.05) is 18.5 Å². The number of nitrogens with zero attached hydrogens (tertiary/aromatic N) is 1. The monoisotopic (exact) mass is 420 g/mol. The van der Waals surface area contributed by atoms with Crippen molar-refractivity contribution in [3.63, 3.8) is 0 Å². The van der Waals surface area contributed by atoms with Gasteiger partial charge in [0.05, 0.1) is 29.5 Å². The second kappa shape index (κ2) is 8.67. The number of halogens is 1. The summed E-state index contributed by atoms with van der Waals surface area (Å²) >= 11 is 7.50. The molecule has 0 unspecified atom stereocenters. The molecule has 6 nitrogen and oxygen atoms in total. The number of hydrogen-bond donors (Lipinski definition) is 1. The second-order valence-electron chi connectivity index (χ2n) is 5.92. The van der Waals surface area contributed by atoms with Crippen LogP contribution in [-0.2, 0) is 0 Å². The first-order valence-corrected chi connectivity index (χ1v) is 10.1. The van der Waals surface area contributed by atoms with E-state index >= 15 is 0 Å². The summed E-state index contributed by atoms with van der Waals surface area (Å²) in [5.74, 6) is 2.07. The van der Waals surface area contributed by atoms with E-state index in [1.807, 2.05) is 37.4 Å². The maximum Gasteiger partial charge on any atom is 0.262 e. The maximum atomic E-state index is 12.6. The average Bonchev–Trinajstić information content (AvgIpc) is 3.21. The molecule has 0 atom stereocenters. The Labute approximate surface area is 172 Å². The molecule has 0 fully saturated rings. The first-order valence-electron chi connectivity index (χ1n) is 8.86. The van der Waals surface area contributed by atoms with Crippen molar-refractivity contribution in [3.8, 4) is 22.8 Å². The molecule has 3 rings (SSSR count). The Bertz CT molecular complexity index is 996. The SMILES string of the molecule is CCOc1ccc(OCC)c(-c2csc(NC(=O)c3c(C)oc(C)c3Cl)n2)c1. The number of rotatable bonds is 7. The first-order chi connectivity index (χ1) is 13.4. The Hall–Kier alpha value is -2.51. The lowest BCUT2D eigenvalue weighted by Crippen LogP contribution is -2.12. The number of benzene rings is 1. The van der Waals surface area contributed by atoms with Crippen LogP contribution in [0.3, 0.4) is 0 Å². The number of anilines is 1. The summed E-state index contributed by atoms with van der Waals surface area (Å²) < 4.78 is 16.7.